The van der Waals surface area contributed by atoms with Gasteiger partial charge in [-0.2, -0.15) is 0 Å². The molecule has 0 spiro atoms. The minimum absolute atomic E-state index is 0.382. The number of benzene rings is 1. The largest absolute Gasteiger partial charge is 0.389 e. The summed E-state index contributed by atoms with van der Waals surface area (Å²) in [5, 5.41) is 10.1. The number of methoxy groups -OCH3 is 1. The maximum Gasteiger partial charge on any atom is 0.0954 e. The number of aliphatic hydroxyl groups is 1. The van der Waals surface area contributed by atoms with E-state index in [9.17, 15) is 5.11 Å². The van der Waals surface area contributed by atoms with Crippen LogP contribution in [0.1, 0.15) is 18.9 Å². The van der Waals surface area contributed by atoms with E-state index in [2.05, 4.69) is 29.2 Å². The van der Waals surface area contributed by atoms with Crippen LogP contribution in [0.25, 0.3) is 0 Å². The summed E-state index contributed by atoms with van der Waals surface area (Å²) in [7, 11) is 1.68. The van der Waals surface area contributed by atoms with E-state index < -0.39 is 6.10 Å². The Balaban J connectivity index is 1.94. The van der Waals surface area contributed by atoms with Gasteiger partial charge in [-0.15, -0.1) is 0 Å². The number of piperidine rings is 1. The first-order valence-electron chi connectivity index (χ1n) is 6.13. The standard InChI is InChI=1S/C14H21NO2/c1-14(17-2)8-9-15(11-13(14)16)10-12-6-4-3-5-7-12/h3-7,13,16H,8-11H2,1-2H3. The molecule has 1 N–H and O–H groups in total. The monoisotopic (exact) mass is 235 g/mol. The highest BCUT2D eigenvalue weighted by Gasteiger charge is 2.38. The van der Waals surface area contributed by atoms with Crippen molar-refractivity contribution in [3.05, 3.63) is 35.9 Å². The first-order chi connectivity index (χ1) is 8.14. The predicted octanol–water partition coefficient (Wildman–Crippen LogP) is 1.66. The molecule has 1 aromatic carbocycles. The van der Waals surface area contributed by atoms with Crippen molar-refractivity contribution >= 4 is 0 Å². The second-order valence-electron chi connectivity index (χ2n) is 5.00. The first kappa shape index (κ1) is 12.6. The molecule has 0 aliphatic carbocycles. The summed E-state index contributed by atoms with van der Waals surface area (Å²) in [6.07, 6.45) is 0.460. The lowest BCUT2D eigenvalue weighted by molar-refractivity contribution is -0.130. The van der Waals surface area contributed by atoms with Crippen LogP contribution < -0.4 is 0 Å². The van der Waals surface area contributed by atoms with E-state index in [0.29, 0.717) is 6.54 Å². The van der Waals surface area contributed by atoms with Gasteiger partial charge in [-0.25, -0.2) is 0 Å². The third-order valence-corrected chi connectivity index (χ3v) is 3.78. The number of rotatable bonds is 3. The van der Waals surface area contributed by atoms with E-state index in [1.54, 1.807) is 7.11 Å². The third kappa shape index (κ3) is 2.86. The highest BCUT2D eigenvalue weighted by Crippen LogP contribution is 2.26. The van der Waals surface area contributed by atoms with Crippen molar-refractivity contribution in [3.63, 3.8) is 0 Å². The van der Waals surface area contributed by atoms with E-state index in [-0.39, 0.29) is 5.60 Å². The summed E-state index contributed by atoms with van der Waals surface area (Å²) >= 11 is 0. The zero-order chi connectivity index (χ0) is 12.3. The highest BCUT2D eigenvalue weighted by molar-refractivity contribution is 5.14. The molecule has 1 aromatic rings. The van der Waals surface area contributed by atoms with Crippen molar-refractivity contribution < 1.29 is 9.84 Å². The molecule has 94 valence electrons. The van der Waals surface area contributed by atoms with E-state index in [1.807, 2.05) is 13.0 Å². The zero-order valence-corrected chi connectivity index (χ0v) is 10.6. The van der Waals surface area contributed by atoms with Crippen molar-refractivity contribution in [2.45, 2.75) is 31.6 Å². The Hall–Kier alpha value is -0.900. The van der Waals surface area contributed by atoms with Crippen LogP contribution in [0.5, 0.6) is 0 Å². The van der Waals surface area contributed by atoms with E-state index in [4.69, 9.17) is 4.74 Å². The Bertz CT molecular complexity index is 354. The van der Waals surface area contributed by atoms with Crippen molar-refractivity contribution in [1.82, 2.24) is 4.90 Å². The van der Waals surface area contributed by atoms with Gasteiger partial charge in [0.05, 0.1) is 11.7 Å². The normalized spacial score (nSPS) is 30.4. The van der Waals surface area contributed by atoms with Crippen molar-refractivity contribution in [1.29, 1.82) is 0 Å². The molecule has 2 rings (SSSR count). The van der Waals surface area contributed by atoms with E-state index in [0.717, 1.165) is 19.5 Å². The molecule has 1 fully saturated rings. The number of hydrogen-bond acceptors (Lipinski definition) is 3. The van der Waals surface area contributed by atoms with Gasteiger partial charge in [0.25, 0.3) is 0 Å². The summed E-state index contributed by atoms with van der Waals surface area (Å²) in [6.45, 7) is 4.53. The van der Waals surface area contributed by atoms with Gasteiger partial charge in [0.15, 0.2) is 0 Å². The van der Waals surface area contributed by atoms with Gasteiger partial charge < -0.3 is 9.84 Å². The summed E-state index contributed by atoms with van der Waals surface area (Å²) in [6, 6.07) is 10.4. The molecule has 3 heteroatoms. The number of β-amino-alcohol motifs (C(OH)–C–C–N with tert-alkyl or cyclic N) is 1. The molecule has 0 radical (unpaired) electrons. The lowest BCUT2D eigenvalue weighted by atomic mass is 9.90. The van der Waals surface area contributed by atoms with Crippen LogP contribution >= 0.6 is 0 Å². The fourth-order valence-electron chi connectivity index (χ4n) is 2.30. The Kier molecular flexibility index (Phi) is 3.82. The van der Waals surface area contributed by atoms with Crippen LogP contribution in [0.2, 0.25) is 0 Å². The van der Waals surface area contributed by atoms with Crippen LogP contribution in [0, 0.1) is 0 Å². The number of likely N-dealkylation sites (tertiary alicyclic amines) is 1. The lowest BCUT2D eigenvalue weighted by Gasteiger charge is -2.42. The molecule has 0 bridgehead atoms. The molecule has 1 heterocycles. The SMILES string of the molecule is COC1(C)CCN(Cc2ccccc2)CC1O. The summed E-state index contributed by atoms with van der Waals surface area (Å²) < 4.78 is 5.41. The van der Waals surface area contributed by atoms with Crippen LogP contribution in [-0.4, -0.2) is 41.9 Å². The van der Waals surface area contributed by atoms with E-state index >= 15 is 0 Å². The summed E-state index contributed by atoms with van der Waals surface area (Å²) in [5.74, 6) is 0. The van der Waals surface area contributed by atoms with Gasteiger partial charge in [0.1, 0.15) is 0 Å². The van der Waals surface area contributed by atoms with E-state index in [1.165, 1.54) is 5.56 Å². The van der Waals surface area contributed by atoms with Gasteiger partial charge in [-0.3, -0.25) is 4.90 Å². The Morgan fingerprint density at radius 1 is 1.41 bits per heavy atom. The van der Waals surface area contributed by atoms with Crippen molar-refractivity contribution in [2.24, 2.45) is 0 Å². The quantitative estimate of drug-likeness (QED) is 0.865. The summed E-state index contributed by atoms with van der Waals surface area (Å²) in [5.41, 5.74) is 0.911. The Morgan fingerprint density at radius 3 is 2.71 bits per heavy atom. The molecular weight excluding hydrogens is 214 g/mol. The minimum atomic E-state index is -0.412. The molecule has 0 amide bonds. The van der Waals surface area contributed by atoms with Crippen LogP contribution in [0.4, 0.5) is 0 Å². The molecular formula is C14H21NO2. The van der Waals surface area contributed by atoms with Crippen molar-refractivity contribution in [2.75, 3.05) is 20.2 Å². The minimum Gasteiger partial charge on any atom is -0.389 e. The van der Waals surface area contributed by atoms with Gasteiger partial charge in [0.2, 0.25) is 0 Å². The smallest absolute Gasteiger partial charge is 0.0954 e. The topological polar surface area (TPSA) is 32.7 Å². The van der Waals surface area contributed by atoms with Crippen LogP contribution in [-0.2, 0) is 11.3 Å². The molecule has 0 saturated carbocycles. The van der Waals surface area contributed by atoms with Gasteiger partial charge in [0, 0.05) is 26.7 Å². The van der Waals surface area contributed by atoms with Crippen molar-refractivity contribution in [3.8, 4) is 0 Å². The number of hydrogen-bond donors (Lipinski definition) is 1. The average Bonchev–Trinajstić information content (AvgIpc) is 2.35. The Labute approximate surface area is 103 Å². The first-order valence-corrected chi connectivity index (χ1v) is 6.13. The fraction of sp³-hybridized carbons (Fsp3) is 0.571. The third-order valence-electron chi connectivity index (χ3n) is 3.78. The van der Waals surface area contributed by atoms with Crippen LogP contribution in [0.3, 0.4) is 0 Å². The second-order valence-corrected chi connectivity index (χ2v) is 5.00. The average molecular weight is 235 g/mol. The maximum absolute atomic E-state index is 10.1. The molecule has 1 aliphatic rings. The second kappa shape index (κ2) is 5.17. The highest BCUT2D eigenvalue weighted by atomic mass is 16.5. The predicted molar refractivity (Wildman–Crippen MR) is 67.8 cm³/mol. The number of ether oxygens (including phenoxy) is 1. The molecule has 17 heavy (non-hydrogen) atoms. The molecule has 2 unspecified atom stereocenters. The molecule has 0 aromatic heterocycles. The number of aliphatic hydroxyl groups excluding tert-OH is 1. The maximum atomic E-state index is 10.1. The van der Waals surface area contributed by atoms with Gasteiger partial charge in [-0.05, 0) is 18.9 Å². The van der Waals surface area contributed by atoms with Gasteiger partial charge in [-0.1, -0.05) is 30.3 Å². The number of nitrogens with zero attached hydrogens (tertiary/aromatic N) is 1. The summed E-state index contributed by atoms with van der Waals surface area (Å²) in [4.78, 5) is 2.28. The molecule has 3 nitrogen and oxygen atoms in total. The fourth-order valence-corrected chi connectivity index (χ4v) is 2.30. The van der Waals surface area contributed by atoms with Gasteiger partial charge >= 0.3 is 0 Å². The Morgan fingerprint density at radius 2 is 2.12 bits per heavy atom. The molecule has 2 atom stereocenters. The molecule has 1 saturated heterocycles. The van der Waals surface area contributed by atoms with Crippen LogP contribution in [0.15, 0.2) is 30.3 Å². The molecule has 1 aliphatic heterocycles. The lowest BCUT2D eigenvalue weighted by Crippen LogP contribution is -2.54. The zero-order valence-electron chi connectivity index (χ0n) is 10.6.